The Balaban J connectivity index is 1.91. The van der Waals surface area contributed by atoms with Crippen molar-refractivity contribution < 1.29 is 0 Å². The first-order valence-electron chi connectivity index (χ1n) is 7.73. The normalized spacial score (nSPS) is 26.3. The summed E-state index contributed by atoms with van der Waals surface area (Å²) in [7, 11) is 2.08. The van der Waals surface area contributed by atoms with Gasteiger partial charge in [-0.3, -0.25) is 0 Å². The van der Waals surface area contributed by atoms with Gasteiger partial charge in [-0.05, 0) is 61.3 Å². The number of piperidine rings is 1. The molecule has 3 unspecified atom stereocenters. The molecule has 3 heteroatoms. The van der Waals surface area contributed by atoms with Crippen LogP contribution >= 0.6 is 15.9 Å². The van der Waals surface area contributed by atoms with E-state index in [1.165, 1.54) is 22.9 Å². The van der Waals surface area contributed by atoms with Gasteiger partial charge in [0.15, 0.2) is 0 Å². The first-order valence-corrected chi connectivity index (χ1v) is 8.52. The third-order valence-electron chi connectivity index (χ3n) is 5.06. The lowest BCUT2D eigenvalue weighted by Crippen LogP contribution is -2.52. The van der Waals surface area contributed by atoms with Crippen molar-refractivity contribution in [1.82, 2.24) is 5.32 Å². The molecule has 0 aromatic heterocycles. The second-order valence-corrected chi connectivity index (χ2v) is 7.07. The maximum Gasteiger partial charge on any atom is 0.0375 e. The zero-order valence-electron chi connectivity index (χ0n) is 12.9. The maximum absolute atomic E-state index is 3.54. The molecule has 0 bridgehead atoms. The molecule has 2 aromatic rings. The summed E-state index contributed by atoms with van der Waals surface area (Å²) >= 11 is 3.54. The molecule has 1 heterocycles. The molecule has 1 aliphatic heterocycles. The van der Waals surface area contributed by atoms with Gasteiger partial charge in [0, 0.05) is 28.8 Å². The molecule has 3 rings (SSSR count). The number of hydrogen-bond donors (Lipinski definition) is 1. The molecule has 1 saturated heterocycles. The summed E-state index contributed by atoms with van der Waals surface area (Å²) in [5.74, 6) is 0.657. The maximum atomic E-state index is 3.54. The summed E-state index contributed by atoms with van der Waals surface area (Å²) < 4.78 is 1.14. The lowest BCUT2D eigenvalue weighted by molar-refractivity contribution is 0.283. The van der Waals surface area contributed by atoms with E-state index in [0.717, 1.165) is 11.0 Å². The predicted octanol–water partition coefficient (Wildman–Crippen LogP) is 4.43. The average molecular weight is 347 g/mol. The molecular formula is C18H23BrN2. The van der Waals surface area contributed by atoms with Gasteiger partial charge in [-0.25, -0.2) is 0 Å². The molecule has 1 fully saturated rings. The smallest absolute Gasteiger partial charge is 0.0375 e. The highest BCUT2D eigenvalue weighted by atomic mass is 79.9. The minimum Gasteiger partial charge on any atom is -0.368 e. The van der Waals surface area contributed by atoms with E-state index in [1.807, 2.05) is 0 Å². The number of halogens is 1. The number of nitrogens with zero attached hydrogens (tertiary/aromatic N) is 1. The summed E-state index contributed by atoms with van der Waals surface area (Å²) in [4.78, 5) is 2.56. The van der Waals surface area contributed by atoms with E-state index >= 15 is 0 Å². The van der Waals surface area contributed by atoms with E-state index in [0.29, 0.717) is 18.0 Å². The largest absolute Gasteiger partial charge is 0.368 e. The van der Waals surface area contributed by atoms with Crippen LogP contribution in [-0.4, -0.2) is 25.7 Å². The summed E-state index contributed by atoms with van der Waals surface area (Å²) in [5.41, 5.74) is 1.35. The first kappa shape index (κ1) is 14.9. The number of benzene rings is 2. The fourth-order valence-electron chi connectivity index (χ4n) is 3.52. The highest BCUT2D eigenvalue weighted by molar-refractivity contribution is 9.10. The van der Waals surface area contributed by atoms with Gasteiger partial charge in [0.05, 0.1) is 0 Å². The minimum absolute atomic E-state index is 0.559. The topological polar surface area (TPSA) is 15.3 Å². The van der Waals surface area contributed by atoms with E-state index in [9.17, 15) is 0 Å². The Morgan fingerprint density at radius 1 is 1.10 bits per heavy atom. The molecule has 1 N–H and O–H groups in total. The van der Waals surface area contributed by atoms with Crippen LogP contribution in [0.25, 0.3) is 10.8 Å². The summed E-state index contributed by atoms with van der Waals surface area (Å²) in [6.07, 6.45) is 1.21. The van der Waals surface area contributed by atoms with Crippen molar-refractivity contribution in [3.63, 3.8) is 0 Å². The van der Waals surface area contributed by atoms with E-state index < -0.39 is 0 Å². The van der Waals surface area contributed by atoms with Crippen LogP contribution in [0.5, 0.6) is 0 Å². The number of hydrogen-bond acceptors (Lipinski definition) is 2. The van der Waals surface area contributed by atoms with Crippen molar-refractivity contribution in [2.24, 2.45) is 5.92 Å². The Labute approximate surface area is 135 Å². The predicted molar refractivity (Wildman–Crippen MR) is 95.1 cm³/mol. The van der Waals surface area contributed by atoms with Crippen LogP contribution in [0.15, 0.2) is 40.9 Å². The Morgan fingerprint density at radius 3 is 2.57 bits per heavy atom. The quantitative estimate of drug-likeness (QED) is 0.865. The van der Waals surface area contributed by atoms with E-state index in [-0.39, 0.29) is 0 Å². The van der Waals surface area contributed by atoms with Gasteiger partial charge >= 0.3 is 0 Å². The number of anilines is 1. The van der Waals surface area contributed by atoms with E-state index in [4.69, 9.17) is 0 Å². The molecular weight excluding hydrogens is 324 g/mol. The Morgan fingerprint density at radius 2 is 1.81 bits per heavy atom. The third-order valence-corrected chi connectivity index (χ3v) is 5.55. The van der Waals surface area contributed by atoms with Crippen LogP contribution in [0.2, 0.25) is 0 Å². The molecule has 0 aliphatic carbocycles. The third kappa shape index (κ3) is 2.82. The zero-order chi connectivity index (χ0) is 15.0. The lowest BCUT2D eigenvalue weighted by Gasteiger charge is -2.44. The Hall–Kier alpha value is -1.06. The molecule has 3 atom stereocenters. The highest BCUT2D eigenvalue weighted by Crippen LogP contribution is 2.31. The summed E-state index contributed by atoms with van der Waals surface area (Å²) in [5, 5.41) is 6.06. The Bertz CT molecular complexity index is 640. The van der Waals surface area contributed by atoms with Crippen LogP contribution in [0, 0.1) is 5.92 Å². The van der Waals surface area contributed by atoms with Crippen molar-refractivity contribution in [3.05, 3.63) is 40.9 Å². The van der Waals surface area contributed by atoms with Crippen LogP contribution in [0.4, 0.5) is 5.69 Å². The van der Waals surface area contributed by atoms with Crippen molar-refractivity contribution in [1.29, 1.82) is 0 Å². The SMILES string of the molecule is CNC1CCN(c2ccc3cc(Br)ccc3c2)C(C)C1C. The molecule has 2 nitrogen and oxygen atoms in total. The molecule has 112 valence electrons. The highest BCUT2D eigenvalue weighted by Gasteiger charge is 2.31. The van der Waals surface area contributed by atoms with Crippen molar-refractivity contribution in [2.75, 3.05) is 18.5 Å². The molecule has 21 heavy (non-hydrogen) atoms. The van der Waals surface area contributed by atoms with Crippen molar-refractivity contribution >= 4 is 32.4 Å². The van der Waals surface area contributed by atoms with Crippen LogP contribution in [0.1, 0.15) is 20.3 Å². The average Bonchev–Trinajstić information content (AvgIpc) is 2.49. The van der Waals surface area contributed by atoms with Gasteiger partial charge in [-0.2, -0.15) is 0 Å². The van der Waals surface area contributed by atoms with Crippen molar-refractivity contribution in [3.8, 4) is 0 Å². The van der Waals surface area contributed by atoms with Gasteiger partial charge in [0.2, 0.25) is 0 Å². The van der Waals surface area contributed by atoms with E-state index in [1.54, 1.807) is 0 Å². The molecule has 2 aromatic carbocycles. The molecule has 1 aliphatic rings. The summed E-state index contributed by atoms with van der Waals surface area (Å²) in [6.45, 7) is 5.83. The lowest BCUT2D eigenvalue weighted by atomic mass is 9.86. The second-order valence-electron chi connectivity index (χ2n) is 6.15. The van der Waals surface area contributed by atoms with Gasteiger partial charge in [0.1, 0.15) is 0 Å². The van der Waals surface area contributed by atoms with E-state index in [2.05, 4.69) is 83.4 Å². The van der Waals surface area contributed by atoms with Crippen molar-refractivity contribution in [2.45, 2.75) is 32.4 Å². The monoisotopic (exact) mass is 346 g/mol. The molecule has 0 spiro atoms. The van der Waals surface area contributed by atoms with Gasteiger partial charge in [-0.15, -0.1) is 0 Å². The summed E-state index contributed by atoms with van der Waals surface area (Å²) in [6, 6.07) is 14.5. The van der Waals surface area contributed by atoms with Crippen LogP contribution in [-0.2, 0) is 0 Å². The van der Waals surface area contributed by atoms with Crippen LogP contribution < -0.4 is 10.2 Å². The van der Waals surface area contributed by atoms with Gasteiger partial charge in [0.25, 0.3) is 0 Å². The zero-order valence-corrected chi connectivity index (χ0v) is 14.5. The molecule has 0 amide bonds. The fourth-order valence-corrected chi connectivity index (χ4v) is 3.90. The number of rotatable bonds is 2. The molecule has 0 saturated carbocycles. The number of nitrogens with one attached hydrogen (secondary N) is 1. The minimum atomic E-state index is 0.559. The fraction of sp³-hybridized carbons (Fsp3) is 0.444. The molecule has 0 radical (unpaired) electrons. The Kier molecular flexibility index (Phi) is 4.23. The first-order chi connectivity index (χ1) is 10.1. The standard InChI is InChI=1S/C18H23BrN2/c1-12-13(2)21(9-8-18(12)20-3)17-7-5-14-10-16(19)6-4-15(14)11-17/h4-7,10-13,18,20H,8-9H2,1-3H3. The second kappa shape index (κ2) is 5.98. The van der Waals surface area contributed by atoms with Gasteiger partial charge < -0.3 is 10.2 Å². The number of fused-ring (bicyclic) bond motifs is 1. The van der Waals surface area contributed by atoms with Gasteiger partial charge in [-0.1, -0.05) is 35.0 Å². The van der Waals surface area contributed by atoms with Crippen LogP contribution in [0.3, 0.4) is 0 Å².